The fraction of sp³-hybridized carbons (Fsp3) is 0.227. The number of carbonyl (C=O) groups excluding carboxylic acids is 2. The van der Waals surface area contributed by atoms with Crippen LogP contribution in [0.4, 0.5) is 4.79 Å². The summed E-state index contributed by atoms with van der Waals surface area (Å²) in [4.78, 5) is 34.0. The summed E-state index contributed by atoms with van der Waals surface area (Å²) in [5.41, 5.74) is 1.61. The van der Waals surface area contributed by atoms with E-state index in [1.807, 2.05) is 0 Å². The molecule has 0 radical (unpaired) electrons. The number of nitrogens with one attached hydrogen (secondary N) is 1. The van der Waals surface area contributed by atoms with E-state index in [0.29, 0.717) is 27.9 Å². The van der Waals surface area contributed by atoms with Gasteiger partial charge in [-0.2, -0.15) is 4.68 Å². The molecular formula is C22H22N4O8. The van der Waals surface area contributed by atoms with Gasteiger partial charge in [0.05, 0.1) is 60.9 Å². The summed E-state index contributed by atoms with van der Waals surface area (Å²) in [6, 6.07) is 9.43. The Balaban J connectivity index is 0.000000202. The predicted octanol–water partition coefficient (Wildman–Crippen LogP) is 3.11. The lowest BCUT2D eigenvalue weighted by Gasteiger charge is -2.03. The van der Waals surface area contributed by atoms with Crippen molar-refractivity contribution in [1.82, 2.24) is 20.0 Å². The highest BCUT2D eigenvalue weighted by Crippen LogP contribution is 2.26. The Labute approximate surface area is 193 Å². The zero-order chi connectivity index (χ0) is 24.8. The molecule has 178 valence electrons. The van der Waals surface area contributed by atoms with E-state index in [9.17, 15) is 14.4 Å². The molecule has 0 spiro atoms. The largest absolute Gasteiger partial charge is 0.480 e. The van der Waals surface area contributed by atoms with E-state index in [1.165, 1.54) is 39.5 Å². The van der Waals surface area contributed by atoms with Gasteiger partial charge < -0.3 is 24.1 Å². The number of fused-ring (bicyclic) bond motifs is 2. The summed E-state index contributed by atoms with van der Waals surface area (Å²) in [5, 5.41) is 20.7. The number of H-pyrrole nitrogens is 1. The number of aromatic carboxylic acids is 1. The number of aromatic amines is 1. The third kappa shape index (κ3) is 4.75. The smallest absolute Gasteiger partial charge is 0.435 e. The van der Waals surface area contributed by atoms with Gasteiger partial charge >= 0.3 is 18.0 Å². The van der Waals surface area contributed by atoms with Crippen LogP contribution in [0.5, 0.6) is 11.8 Å². The molecule has 0 unspecified atom stereocenters. The van der Waals surface area contributed by atoms with Crippen LogP contribution in [-0.4, -0.2) is 71.1 Å². The molecule has 0 saturated heterocycles. The van der Waals surface area contributed by atoms with Crippen molar-refractivity contribution in [2.45, 2.75) is 6.92 Å². The monoisotopic (exact) mass is 470 g/mol. The summed E-state index contributed by atoms with van der Waals surface area (Å²) < 4.78 is 20.7. The van der Waals surface area contributed by atoms with E-state index < -0.39 is 18.0 Å². The fourth-order valence-electron chi connectivity index (χ4n) is 3.09. The minimum Gasteiger partial charge on any atom is -0.480 e. The van der Waals surface area contributed by atoms with Crippen molar-refractivity contribution in [2.24, 2.45) is 0 Å². The molecule has 0 fully saturated rings. The van der Waals surface area contributed by atoms with Gasteiger partial charge in [0.25, 0.3) is 0 Å². The van der Waals surface area contributed by atoms with E-state index >= 15 is 0 Å². The Morgan fingerprint density at radius 1 is 0.971 bits per heavy atom. The van der Waals surface area contributed by atoms with E-state index in [0.717, 1.165) is 10.1 Å². The van der Waals surface area contributed by atoms with Gasteiger partial charge in [-0.1, -0.05) is 0 Å². The molecule has 4 aromatic rings. The number of ether oxygens (including phenoxy) is 4. The highest BCUT2D eigenvalue weighted by Gasteiger charge is 2.19. The van der Waals surface area contributed by atoms with Gasteiger partial charge in [-0.15, -0.1) is 10.2 Å². The van der Waals surface area contributed by atoms with Gasteiger partial charge in [-0.3, -0.25) is 5.10 Å². The molecule has 0 aliphatic rings. The van der Waals surface area contributed by atoms with Crippen molar-refractivity contribution in [3.63, 3.8) is 0 Å². The minimum atomic E-state index is -0.958. The first kappa shape index (κ1) is 24.0. The van der Waals surface area contributed by atoms with Crippen LogP contribution in [-0.2, 0) is 9.47 Å². The molecule has 0 bridgehead atoms. The summed E-state index contributed by atoms with van der Waals surface area (Å²) in [5.74, 6) is -0.704. The second-order valence-electron chi connectivity index (χ2n) is 6.64. The summed E-state index contributed by atoms with van der Waals surface area (Å²) in [6.45, 7) is 1.92. The SMILES string of the molecule is CCOC(=O)n1nc(OC)c2ccc(C(=O)OC)cc21.COc1n[nH]c2cc(C(=O)O)ccc12. The van der Waals surface area contributed by atoms with E-state index in [-0.39, 0.29) is 18.1 Å². The van der Waals surface area contributed by atoms with Gasteiger partial charge in [0, 0.05) is 0 Å². The lowest BCUT2D eigenvalue weighted by atomic mass is 10.1. The van der Waals surface area contributed by atoms with Crippen LogP contribution in [0, 0.1) is 0 Å². The number of benzene rings is 2. The summed E-state index contributed by atoms with van der Waals surface area (Å²) in [7, 11) is 4.25. The first-order chi connectivity index (χ1) is 16.3. The molecule has 0 aliphatic heterocycles. The second kappa shape index (κ2) is 10.3. The molecular weight excluding hydrogens is 448 g/mol. The molecule has 0 saturated carbocycles. The zero-order valence-corrected chi connectivity index (χ0v) is 18.8. The zero-order valence-electron chi connectivity index (χ0n) is 18.8. The van der Waals surface area contributed by atoms with Crippen LogP contribution in [0.3, 0.4) is 0 Å². The normalized spacial score (nSPS) is 10.4. The minimum absolute atomic E-state index is 0.221. The molecule has 0 amide bonds. The molecule has 12 nitrogen and oxygen atoms in total. The van der Waals surface area contributed by atoms with Gasteiger partial charge in [0.15, 0.2) is 0 Å². The Hall–Kier alpha value is -4.61. The van der Waals surface area contributed by atoms with Crippen molar-refractivity contribution in [2.75, 3.05) is 27.9 Å². The predicted molar refractivity (Wildman–Crippen MR) is 120 cm³/mol. The number of rotatable bonds is 5. The Kier molecular flexibility index (Phi) is 7.31. The molecule has 34 heavy (non-hydrogen) atoms. The molecule has 2 aromatic carbocycles. The molecule has 2 N–H and O–H groups in total. The third-order valence-electron chi connectivity index (χ3n) is 4.67. The van der Waals surface area contributed by atoms with Crippen LogP contribution >= 0.6 is 0 Å². The van der Waals surface area contributed by atoms with Gasteiger partial charge in [-0.05, 0) is 43.3 Å². The Bertz CT molecular complexity index is 1360. The number of carbonyl (C=O) groups is 3. The topological polar surface area (TPSA) is 155 Å². The number of methoxy groups -OCH3 is 3. The first-order valence-electron chi connectivity index (χ1n) is 9.92. The maximum absolute atomic E-state index is 11.8. The number of aromatic nitrogens is 4. The lowest BCUT2D eigenvalue weighted by molar-refractivity contribution is 0.0599. The number of carboxylic acid groups (broad SMARTS) is 1. The number of hydrogen-bond acceptors (Lipinski definition) is 9. The van der Waals surface area contributed by atoms with Crippen molar-refractivity contribution in [3.05, 3.63) is 47.5 Å². The number of esters is 1. The second-order valence-corrected chi connectivity index (χ2v) is 6.64. The quantitative estimate of drug-likeness (QED) is 0.416. The number of nitrogens with zero attached hydrogens (tertiary/aromatic N) is 3. The van der Waals surface area contributed by atoms with Crippen LogP contribution in [0.25, 0.3) is 21.8 Å². The van der Waals surface area contributed by atoms with Gasteiger partial charge in [-0.25, -0.2) is 14.4 Å². The Morgan fingerprint density at radius 3 is 2.26 bits per heavy atom. The first-order valence-corrected chi connectivity index (χ1v) is 9.92. The lowest BCUT2D eigenvalue weighted by Crippen LogP contribution is -2.15. The van der Waals surface area contributed by atoms with E-state index in [1.54, 1.807) is 25.1 Å². The molecule has 12 heteroatoms. The molecule has 4 rings (SSSR count). The highest BCUT2D eigenvalue weighted by atomic mass is 16.6. The van der Waals surface area contributed by atoms with Crippen LogP contribution in [0.1, 0.15) is 27.6 Å². The number of carboxylic acids is 1. The fourth-order valence-corrected chi connectivity index (χ4v) is 3.09. The van der Waals surface area contributed by atoms with Crippen LogP contribution in [0.15, 0.2) is 36.4 Å². The van der Waals surface area contributed by atoms with E-state index in [4.69, 9.17) is 19.3 Å². The third-order valence-corrected chi connectivity index (χ3v) is 4.67. The highest BCUT2D eigenvalue weighted by molar-refractivity contribution is 5.98. The van der Waals surface area contributed by atoms with Crippen LogP contribution < -0.4 is 9.47 Å². The number of hydrogen-bond donors (Lipinski definition) is 2. The van der Waals surface area contributed by atoms with Crippen molar-refractivity contribution < 1.29 is 38.4 Å². The van der Waals surface area contributed by atoms with Gasteiger partial charge in [0.1, 0.15) is 0 Å². The molecule has 0 atom stereocenters. The van der Waals surface area contributed by atoms with E-state index in [2.05, 4.69) is 20.0 Å². The molecule has 2 aromatic heterocycles. The van der Waals surface area contributed by atoms with Crippen molar-refractivity contribution in [1.29, 1.82) is 0 Å². The van der Waals surface area contributed by atoms with Crippen molar-refractivity contribution in [3.8, 4) is 11.8 Å². The average Bonchev–Trinajstić information content (AvgIpc) is 3.44. The molecule has 2 heterocycles. The standard InChI is InChI=1S/C13H14N2O5.C9H8N2O3/c1-4-20-13(17)15-10-7-8(12(16)19-3)5-6-9(10)11(14-15)18-2;1-14-8-6-3-2-5(9(12)13)4-7(6)10-11-8/h5-7H,4H2,1-3H3;2-4H,1H3,(H,10,11)(H,12,13). The maximum Gasteiger partial charge on any atom is 0.435 e. The molecule has 0 aliphatic carbocycles. The van der Waals surface area contributed by atoms with Crippen LogP contribution in [0.2, 0.25) is 0 Å². The van der Waals surface area contributed by atoms with Crippen molar-refractivity contribution >= 4 is 39.8 Å². The summed E-state index contributed by atoms with van der Waals surface area (Å²) >= 11 is 0. The Morgan fingerprint density at radius 2 is 1.65 bits per heavy atom. The van der Waals surface area contributed by atoms with Gasteiger partial charge in [0.2, 0.25) is 11.8 Å². The summed E-state index contributed by atoms with van der Waals surface area (Å²) in [6.07, 6.45) is -0.636. The average molecular weight is 470 g/mol. The maximum atomic E-state index is 11.8.